The first kappa shape index (κ1) is 14.4. The van der Waals surface area contributed by atoms with Crippen molar-refractivity contribution >= 4 is 0 Å². The van der Waals surface area contributed by atoms with Crippen LogP contribution in [0.4, 0.5) is 0 Å². The minimum absolute atomic E-state index is 0.347. The number of hydrogen-bond donors (Lipinski definition) is 2. The van der Waals surface area contributed by atoms with E-state index in [0.29, 0.717) is 23.7 Å². The fraction of sp³-hybridized carbons (Fsp3) is 0.250. The zero-order chi connectivity index (χ0) is 14.4. The second-order valence-electron chi connectivity index (χ2n) is 4.38. The molecule has 0 heterocycles. The summed E-state index contributed by atoms with van der Waals surface area (Å²) < 4.78 is 10.9. The first-order chi connectivity index (χ1) is 9.74. The van der Waals surface area contributed by atoms with Crippen LogP contribution in [-0.2, 0) is 6.61 Å². The molecule has 0 radical (unpaired) electrons. The Bertz CT molecular complexity index is 539. The van der Waals surface area contributed by atoms with E-state index < -0.39 is 6.10 Å². The number of aliphatic hydroxyl groups is 2. The van der Waals surface area contributed by atoms with E-state index in [1.54, 1.807) is 18.2 Å². The molecule has 0 bridgehead atoms. The van der Waals surface area contributed by atoms with E-state index in [9.17, 15) is 5.11 Å². The van der Waals surface area contributed by atoms with Crippen molar-refractivity contribution in [1.29, 1.82) is 0 Å². The third-order valence-corrected chi connectivity index (χ3v) is 2.99. The Hall–Kier alpha value is -2.04. The molecule has 0 aromatic heterocycles. The number of rotatable bonds is 6. The third-order valence-electron chi connectivity index (χ3n) is 2.99. The minimum atomic E-state index is -0.951. The van der Waals surface area contributed by atoms with Crippen LogP contribution in [0.2, 0.25) is 0 Å². The van der Waals surface area contributed by atoms with Gasteiger partial charge in [-0.15, -0.1) is 0 Å². The standard InChI is InChI=1S/C16H18O4/c1-19-16-9-13(7-8-14(16)15(18)10-17)20-11-12-5-3-2-4-6-12/h2-9,15,17-18H,10-11H2,1H3/t15-/m1/s1. The van der Waals surface area contributed by atoms with Gasteiger partial charge in [-0.3, -0.25) is 0 Å². The van der Waals surface area contributed by atoms with Crippen molar-refractivity contribution in [2.45, 2.75) is 12.7 Å². The van der Waals surface area contributed by atoms with Crippen molar-refractivity contribution in [3.05, 3.63) is 59.7 Å². The second kappa shape index (κ2) is 6.93. The SMILES string of the molecule is COc1cc(OCc2ccccc2)ccc1[C@H](O)CO. The number of aliphatic hydroxyl groups excluding tert-OH is 2. The Labute approximate surface area is 118 Å². The normalized spacial score (nSPS) is 11.9. The minimum Gasteiger partial charge on any atom is -0.496 e. The summed E-state index contributed by atoms with van der Waals surface area (Å²) in [4.78, 5) is 0. The first-order valence-electron chi connectivity index (χ1n) is 6.38. The third kappa shape index (κ3) is 3.50. The van der Waals surface area contributed by atoms with Crippen molar-refractivity contribution < 1.29 is 19.7 Å². The average Bonchev–Trinajstić information content (AvgIpc) is 2.52. The lowest BCUT2D eigenvalue weighted by molar-refractivity contribution is 0.0932. The van der Waals surface area contributed by atoms with Crippen LogP contribution in [0.1, 0.15) is 17.2 Å². The Kier molecular flexibility index (Phi) is 4.98. The van der Waals surface area contributed by atoms with Gasteiger partial charge in [0.15, 0.2) is 0 Å². The van der Waals surface area contributed by atoms with E-state index in [-0.39, 0.29) is 6.61 Å². The van der Waals surface area contributed by atoms with Crippen LogP contribution in [0.3, 0.4) is 0 Å². The average molecular weight is 274 g/mol. The van der Waals surface area contributed by atoms with Gasteiger partial charge in [-0.1, -0.05) is 30.3 Å². The Morgan fingerprint density at radius 2 is 1.85 bits per heavy atom. The summed E-state index contributed by atoms with van der Waals surface area (Å²) in [6.07, 6.45) is -0.951. The van der Waals surface area contributed by atoms with Crippen LogP contribution in [0.15, 0.2) is 48.5 Å². The van der Waals surface area contributed by atoms with Crippen LogP contribution in [0.5, 0.6) is 11.5 Å². The quantitative estimate of drug-likeness (QED) is 0.848. The van der Waals surface area contributed by atoms with Gasteiger partial charge in [-0.2, -0.15) is 0 Å². The summed E-state index contributed by atoms with van der Waals surface area (Å²) in [5, 5.41) is 18.7. The molecule has 0 aliphatic rings. The molecule has 2 rings (SSSR count). The van der Waals surface area contributed by atoms with Crippen LogP contribution < -0.4 is 9.47 Å². The molecule has 2 aromatic rings. The summed E-state index contributed by atoms with van der Waals surface area (Å²) in [5.41, 5.74) is 1.62. The lowest BCUT2D eigenvalue weighted by Gasteiger charge is -2.14. The molecule has 4 nitrogen and oxygen atoms in total. The Morgan fingerprint density at radius 3 is 2.50 bits per heavy atom. The van der Waals surface area contributed by atoms with Crippen LogP contribution in [-0.4, -0.2) is 23.9 Å². The lowest BCUT2D eigenvalue weighted by atomic mass is 10.1. The van der Waals surface area contributed by atoms with Gasteiger partial charge in [0.05, 0.1) is 13.7 Å². The molecule has 0 fully saturated rings. The van der Waals surface area contributed by atoms with Crippen molar-refractivity contribution in [2.75, 3.05) is 13.7 Å². The highest BCUT2D eigenvalue weighted by Crippen LogP contribution is 2.29. The van der Waals surface area contributed by atoms with Crippen molar-refractivity contribution in [3.63, 3.8) is 0 Å². The smallest absolute Gasteiger partial charge is 0.128 e. The molecule has 2 N–H and O–H groups in total. The molecule has 1 atom stereocenters. The number of benzene rings is 2. The van der Waals surface area contributed by atoms with E-state index in [0.717, 1.165) is 5.56 Å². The van der Waals surface area contributed by atoms with Gasteiger partial charge in [-0.25, -0.2) is 0 Å². The fourth-order valence-corrected chi connectivity index (χ4v) is 1.90. The van der Waals surface area contributed by atoms with Crippen molar-refractivity contribution in [3.8, 4) is 11.5 Å². The molecule has 2 aromatic carbocycles. The van der Waals surface area contributed by atoms with E-state index in [1.807, 2.05) is 30.3 Å². The second-order valence-corrected chi connectivity index (χ2v) is 4.38. The van der Waals surface area contributed by atoms with Crippen molar-refractivity contribution in [1.82, 2.24) is 0 Å². The summed E-state index contributed by atoms with van der Waals surface area (Å²) in [6.45, 7) is 0.118. The van der Waals surface area contributed by atoms with E-state index in [4.69, 9.17) is 14.6 Å². The molecular formula is C16H18O4. The molecule has 4 heteroatoms. The highest BCUT2D eigenvalue weighted by atomic mass is 16.5. The van der Waals surface area contributed by atoms with Gasteiger partial charge in [0.2, 0.25) is 0 Å². The molecule has 0 aliphatic heterocycles. The van der Waals surface area contributed by atoms with Crippen molar-refractivity contribution in [2.24, 2.45) is 0 Å². The predicted octanol–water partition coefficient (Wildman–Crippen LogP) is 2.30. The largest absolute Gasteiger partial charge is 0.496 e. The molecule has 0 saturated carbocycles. The van der Waals surface area contributed by atoms with Gasteiger partial charge in [0, 0.05) is 11.6 Å². The zero-order valence-corrected chi connectivity index (χ0v) is 11.3. The number of hydrogen-bond acceptors (Lipinski definition) is 4. The fourth-order valence-electron chi connectivity index (χ4n) is 1.90. The summed E-state index contributed by atoms with van der Waals surface area (Å²) >= 11 is 0. The highest BCUT2D eigenvalue weighted by molar-refractivity contribution is 5.42. The molecule has 0 saturated heterocycles. The van der Waals surface area contributed by atoms with Gasteiger partial charge in [-0.05, 0) is 17.7 Å². The summed E-state index contributed by atoms with van der Waals surface area (Å²) in [5.74, 6) is 1.15. The highest BCUT2D eigenvalue weighted by Gasteiger charge is 2.13. The molecule has 0 spiro atoms. The molecule has 0 amide bonds. The summed E-state index contributed by atoms with van der Waals surface area (Å²) in [6, 6.07) is 15.0. The van der Waals surface area contributed by atoms with E-state index >= 15 is 0 Å². The van der Waals surface area contributed by atoms with E-state index in [1.165, 1.54) is 7.11 Å². The zero-order valence-electron chi connectivity index (χ0n) is 11.3. The maximum atomic E-state index is 9.67. The Morgan fingerprint density at radius 1 is 1.10 bits per heavy atom. The molecule has 0 unspecified atom stereocenters. The Balaban J connectivity index is 2.09. The van der Waals surface area contributed by atoms with Gasteiger partial charge >= 0.3 is 0 Å². The van der Waals surface area contributed by atoms with Gasteiger partial charge in [0.25, 0.3) is 0 Å². The summed E-state index contributed by atoms with van der Waals surface area (Å²) in [7, 11) is 1.52. The predicted molar refractivity (Wildman–Crippen MR) is 75.8 cm³/mol. The lowest BCUT2D eigenvalue weighted by Crippen LogP contribution is -2.05. The topological polar surface area (TPSA) is 58.9 Å². The molecule has 0 aliphatic carbocycles. The first-order valence-corrected chi connectivity index (χ1v) is 6.38. The number of ether oxygens (including phenoxy) is 2. The van der Waals surface area contributed by atoms with E-state index in [2.05, 4.69) is 0 Å². The van der Waals surface area contributed by atoms with Gasteiger partial charge < -0.3 is 19.7 Å². The number of methoxy groups -OCH3 is 1. The molecule has 106 valence electrons. The maximum absolute atomic E-state index is 9.67. The monoisotopic (exact) mass is 274 g/mol. The van der Waals surface area contributed by atoms with Gasteiger partial charge in [0.1, 0.15) is 24.2 Å². The van der Waals surface area contributed by atoms with Crippen LogP contribution in [0.25, 0.3) is 0 Å². The maximum Gasteiger partial charge on any atom is 0.128 e. The molecular weight excluding hydrogens is 256 g/mol. The van der Waals surface area contributed by atoms with Crippen LogP contribution >= 0.6 is 0 Å². The van der Waals surface area contributed by atoms with Crippen LogP contribution in [0, 0.1) is 0 Å². The molecule has 20 heavy (non-hydrogen) atoms.